The predicted octanol–water partition coefficient (Wildman–Crippen LogP) is 3.58. The SMILES string of the molecule is CCCCNC(=O)Nc1cc(C)c(Cl)cc1OC. The van der Waals surface area contributed by atoms with Crippen LogP contribution >= 0.6 is 11.6 Å². The van der Waals surface area contributed by atoms with Crippen LogP contribution in [0.15, 0.2) is 12.1 Å². The maximum atomic E-state index is 11.6. The number of benzene rings is 1. The van der Waals surface area contributed by atoms with Gasteiger partial charge in [-0.1, -0.05) is 24.9 Å². The molecule has 2 N–H and O–H groups in total. The van der Waals surface area contributed by atoms with E-state index in [1.54, 1.807) is 19.2 Å². The number of hydrogen-bond acceptors (Lipinski definition) is 2. The van der Waals surface area contributed by atoms with Crippen molar-refractivity contribution in [2.24, 2.45) is 0 Å². The molecule has 0 radical (unpaired) electrons. The molecule has 0 aliphatic carbocycles. The zero-order chi connectivity index (χ0) is 13.5. The van der Waals surface area contributed by atoms with Gasteiger partial charge in [0.25, 0.3) is 0 Å². The van der Waals surface area contributed by atoms with Gasteiger partial charge in [-0.15, -0.1) is 0 Å². The van der Waals surface area contributed by atoms with E-state index in [-0.39, 0.29) is 6.03 Å². The van der Waals surface area contributed by atoms with E-state index in [9.17, 15) is 4.79 Å². The first-order chi connectivity index (χ1) is 8.58. The van der Waals surface area contributed by atoms with Crippen LogP contribution in [0.5, 0.6) is 5.75 Å². The molecule has 0 heterocycles. The van der Waals surface area contributed by atoms with Gasteiger partial charge in [0.05, 0.1) is 12.8 Å². The molecule has 0 bridgehead atoms. The molecule has 4 nitrogen and oxygen atoms in total. The van der Waals surface area contributed by atoms with Crippen molar-refractivity contribution in [2.75, 3.05) is 19.0 Å². The Bertz CT molecular complexity index is 422. The minimum Gasteiger partial charge on any atom is -0.495 e. The van der Waals surface area contributed by atoms with Gasteiger partial charge in [-0.3, -0.25) is 0 Å². The number of rotatable bonds is 5. The van der Waals surface area contributed by atoms with Gasteiger partial charge in [-0.25, -0.2) is 4.79 Å². The van der Waals surface area contributed by atoms with Gasteiger partial charge in [-0.2, -0.15) is 0 Å². The highest BCUT2D eigenvalue weighted by Gasteiger charge is 2.09. The summed E-state index contributed by atoms with van der Waals surface area (Å²) >= 11 is 6.00. The van der Waals surface area contributed by atoms with Crippen LogP contribution in [-0.4, -0.2) is 19.7 Å². The van der Waals surface area contributed by atoms with Gasteiger partial charge in [-0.05, 0) is 25.0 Å². The van der Waals surface area contributed by atoms with Crippen LogP contribution in [0.4, 0.5) is 10.5 Å². The number of methoxy groups -OCH3 is 1. The summed E-state index contributed by atoms with van der Waals surface area (Å²) in [4.78, 5) is 11.6. The van der Waals surface area contributed by atoms with Crippen molar-refractivity contribution in [3.05, 3.63) is 22.7 Å². The van der Waals surface area contributed by atoms with Crippen LogP contribution < -0.4 is 15.4 Å². The van der Waals surface area contributed by atoms with E-state index in [1.165, 1.54) is 0 Å². The van der Waals surface area contributed by atoms with E-state index in [2.05, 4.69) is 17.6 Å². The molecule has 0 fully saturated rings. The quantitative estimate of drug-likeness (QED) is 0.804. The summed E-state index contributed by atoms with van der Waals surface area (Å²) in [5.74, 6) is 0.552. The average Bonchev–Trinajstić information content (AvgIpc) is 2.34. The summed E-state index contributed by atoms with van der Waals surface area (Å²) in [7, 11) is 1.54. The number of unbranched alkanes of at least 4 members (excludes halogenated alkanes) is 1. The highest BCUT2D eigenvalue weighted by atomic mass is 35.5. The van der Waals surface area contributed by atoms with Crippen molar-refractivity contribution < 1.29 is 9.53 Å². The molecule has 0 saturated carbocycles. The lowest BCUT2D eigenvalue weighted by atomic mass is 10.2. The number of ether oxygens (including phenoxy) is 1. The molecule has 1 rings (SSSR count). The summed E-state index contributed by atoms with van der Waals surface area (Å²) < 4.78 is 5.18. The minimum atomic E-state index is -0.233. The zero-order valence-corrected chi connectivity index (χ0v) is 11.7. The molecule has 18 heavy (non-hydrogen) atoms. The molecule has 2 amide bonds. The summed E-state index contributed by atoms with van der Waals surface area (Å²) in [6.45, 7) is 4.62. The lowest BCUT2D eigenvalue weighted by molar-refractivity contribution is 0.252. The molecule has 0 aromatic heterocycles. The summed E-state index contributed by atoms with van der Waals surface area (Å²) in [6.07, 6.45) is 2.01. The van der Waals surface area contributed by atoms with Crippen molar-refractivity contribution in [1.29, 1.82) is 0 Å². The van der Waals surface area contributed by atoms with Crippen LogP contribution in [0.1, 0.15) is 25.3 Å². The lowest BCUT2D eigenvalue weighted by Gasteiger charge is -2.12. The predicted molar refractivity (Wildman–Crippen MR) is 74.7 cm³/mol. The van der Waals surface area contributed by atoms with Gasteiger partial charge in [0, 0.05) is 17.6 Å². The normalized spacial score (nSPS) is 10.0. The smallest absolute Gasteiger partial charge is 0.319 e. The maximum Gasteiger partial charge on any atom is 0.319 e. The van der Waals surface area contributed by atoms with E-state index in [0.29, 0.717) is 23.0 Å². The Hall–Kier alpha value is -1.42. The van der Waals surface area contributed by atoms with E-state index in [4.69, 9.17) is 16.3 Å². The molecule has 100 valence electrons. The first kappa shape index (κ1) is 14.6. The third-order valence-corrected chi connectivity index (χ3v) is 2.95. The van der Waals surface area contributed by atoms with Gasteiger partial charge < -0.3 is 15.4 Å². The Kier molecular flexibility index (Phi) is 5.78. The fourth-order valence-electron chi connectivity index (χ4n) is 1.48. The Morgan fingerprint density at radius 3 is 2.78 bits per heavy atom. The number of anilines is 1. The third kappa shape index (κ3) is 4.11. The van der Waals surface area contributed by atoms with E-state index in [0.717, 1.165) is 18.4 Å². The molecular formula is C13H19ClN2O2. The number of carbonyl (C=O) groups is 1. The van der Waals surface area contributed by atoms with Crippen LogP contribution in [-0.2, 0) is 0 Å². The number of amides is 2. The standard InChI is InChI=1S/C13H19ClN2O2/c1-4-5-6-15-13(17)16-11-7-9(2)10(14)8-12(11)18-3/h7-8H,4-6H2,1-3H3,(H2,15,16,17). The van der Waals surface area contributed by atoms with Crippen LogP contribution in [0, 0.1) is 6.92 Å². The van der Waals surface area contributed by atoms with Crippen LogP contribution in [0.3, 0.4) is 0 Å². The fraction of sp³-hybridized carbons (Fsp3) is 0.462. The first-order valence-electron chi connectivity index (χ1n) is 5.97. The Morgan fingerprint density at radius 2 is 2.17 bits per heavy atom. The second kappa shape index (κ2) is 7.11. The Labute approximate surface area is 113 Å². The zero-order valence-electron chi connectivity index (χ0n) is 11.0. The van der Waals surface area contributed by atoms with E-state index < -0.39 is 0 Å². The van der Waals surface area contributed by atoms with E-state index >= 15 is 0 Å². The Morgan fingerprint density at radius 1 is 1.44 bits per heavy atom. The maximum absolute atomic E-state index is 11.6. The van der Waals surface area contributed by atoms with Crippen molar-refractivity contribution in [1.82, 2.24) is 5.32 Å². The molecule has 0 aliphatic rings. The third-order valence-electron chi connectivity index (χ3n) is 2.54. The highest BCUT2D eigenvalue weighted by molar-refractivity contribution is 6.31. The highest BCUT2D eigenvalue weighted by Crippen LogP contribution is 2.30. The number of carbonyl (C=O) groups excluding carboxylic acids is 1. The molecule has 1 aromatic carbocycles. The van der Waals surface area contributed by atoms with Crippen molar-refractivity contribution in [3.8, 4) is 5.75 Å². The van der Waals surface area contributed by atoms with Crippen molar-refractivity contribution in [2.45, 2.75) is 26.7 Å². The fourth-order valence-corrected chi connectivity index (χ4v) is 1.63. The molecule has 0 aliphatic heterocycles. The molecule has 0 saturated heterocycles. The topological polar surface area (TPSA) is 50.4 Å². The summed E-state index contributed by atoms with van der Waals surface area (Å²) in [5, 5.41) is 6.15. The monoisotopic (exact) mass is 270 g/mol. The number of nitrogens with one attached hydrogen (secondary N) is 2. The van der Waals surface area contributed by atoms with Crippen molar-refractivity contribution in [3.63, 3.8) is 0 Å². The summed E-state index contributed by atoms with van der Waals surface area (Å²) in [5.41, 5.74) is 1.51. The molecular weight excluding hydrogens is 252 g/mol. The number of hydrogen-bond donors (Lipinski definition) is 2. The molecule has 1 aromatic rings. The van der Waals surface area contributed by atoms with Gasteiger partial charge in [0.1, 0.15) is 5.75 Å². The first-order valence-corrected chi connectivity index (χ1v) is 6.35. The minimum absolute atomic E-state index is 0.233. The van der Waals surface area contributed by atoms with Crippen LogP contribution in [0.25, 0.3) is 0 Å². The number of urea groups is 1. The molecule has 5 heteroatoms. The number of halogens is 1. The van der Waals surface area contributed by atoms with Gasteiger partial charge in [0.2, 0.25) is 0 Å². The van der Waals surface area contributed by atoms with Crippen LogP contribution in [0.2, 0.25) is 5.02 Å². The van der Waals surface area contributed by atoms with E-state index in [1.807, 2.05) is 6.92 Å². The van der Waals surface area contributed by atoms with Gasteiger partial charge in [0.15, 0.2) is 0 Å². The molecule has 0 atom stereocenters. The Balaban J connectivity index is 2.71. The molecule has 0 unspecified atom stereocenters. The number of aryl methyl sites for hydroxylation is 1. The largest absolute Gasteiger partial charge is 0.495 e. The second-order valence-electron chi connectivity index (χ2n) is 4.04. The van der Waals surface area contributed by atoms with Crippen molar-refractivity contribution >= 4 is 23.3 Å². The lowest BCUT2D eigenvalue weighted by Crippen LogP contribution is -2.29. The average molecular weight is 271 g/mol. The second-order valence-corrected chi connectivity index (χ2v) is 4.44. The molecule has 0 spiro atoms. The summed E-state index contributed by atoms with van der Waals surface area (Å²) in [6, 6.07) is 3.25. The van der Waals surface area contributed by atoms with Gasteiger partial charge >= 0.3 is 6.03 Å².